The molecule has 0 saturated carbocycles. The predicted octanol–water partition coefficient (Wildman–Crippen LogP) is 5.41. The fraction of sp³-hybridized carbons (Fsp3) is 0.511. The van der Waals surface area contributed by atoms with E-state index in [1.54, 1.807) is 6.20 Å². The van der Waals surface area contributed by atoms with Crippen molar-refractivity contribution in [2.75, 3.05) is 98.6 Å². The van der Waals surface area contributed by atoms with E-state index < -0.39 is 52.9 Å². The summed E-state index contributed by atoms with van der Waals surface area (Å²) in [6.07, 6.45) is 1.18. The highest BCUT2D eigenvalue weighted by Crippen LogP contribution is 2.40. The minimum Gasteiger partial charge on any atom is -0.372 e. The average molecular weight is 913 g/mol. The third-order valence-electron chi connectivity index (χ3n) is 14.2. The summed E-state index contributed by atoms with van der Waals surface area (Å²) in [6, 6.07) is 8.98. The Morgan fingerprint density at radius 3 is 2.00 bits per heavy atom. The van der Waals surface area contributed by atoms with Crippen LogP contribution in [0.2, 0.25) is 0 Å². The molecular formula is C47H52F4N10O5. The molecule has 2 aromatic carbocycles. The highest BCUT2D eigenvalue weighted by molar-refractivity contribution is 6.23. The molecule has 3 aromatic rings. The molecule has 6 aliphatic rings. The number of alkyl halides is 3. The number of pyridine rings is 1. The summed E-state index contributed by atoms with van der Waals surface area (Å²) in [6.45, 7) is 16.8. The summed E-state index contributed by atoms with van der Waals surface area (Å²) in [7, 11) is 0. The maximum absolute atomic E-state index is 15.5. The molecule has 7 heterocycles. The number of nitrogens with one attached hydrogen (secondary N) is 2. The molecule has 5 amide bonds. The molecule has 2 N–H and O–H groups in total. The van der Waals surface area contributed by atoms with Gasteiger partial charge in [0.2, 0.25) is 17.7 Å². The molecule has 1 unspecified atom stereocenters. The van der Waals surface area contributed by atoms with Gasteiger partial charge in [-0.05, 0) is 86.8 Å². The molecule has 9 rings (SSSR count). The van der Waals surface area contributed by atoms with E-state index >= 15 is 4.39 Å². The first-order chi connectivity index (χ1) is 31.7. The number of anilines is 4. The smallest absolute Gasteiger partial charge is 0.372 e. The van der Waals surface area contributed by atoms with Gasteiger partial charge in [-0.15, -0.1) is 0 Å². The number of piperazine rings is 1. The molecule has 0 bridgehead atoms. The Morgan fingerprint density at radius 2 is 1.36 bits per heavy atom. The molecule has 348 valence electrons. The minimum atomic E-state index is -4.62. The Labute approximate surface area is 379 Å². The van der Waals surface area contributed by atoms with Crippen LogP contribution in [0.1, 0.15) is 71.2 Å². The standard InChI is InChI=1S/C47H52F4N10O5/c1-52-38-4-2-32(22-36(38)47(49,50)51)58-16-11-31(12-17-58)43(63)54-41-6-3-33(25-53-41)59-13-8-29(9-14-59)26-56-18-20-57(21-19-56)27-30-10-15-60(28-30)40-24-35-34(23-37(40)48)45(65)61(46(35)66)39-5-7-42(62)55-44(39)64/h2-4,6,22-25,29-31,39H,5,7-21,26-28H2,(H,53,54,63)(H,55,62,64)/t30-,39?/m1/s1. The number of hydrogen-bond acceptors (Lipinski definition) is 11. The van der Waals surface area contributed by atoms with Crippen molar-refractivity contribution < 1.29 is 41.5 Å². The largest absolute Gasteiger partial charge is 0.407 e. The second-order valence-electron chi connectivity index (χ2n) is 18.4. The molecule has 0 spiro atoms. The molecular weight excluding hydrogens is 861 g/mol. The van der Waals surface area contributed by atoms with Gasteiger partial charge in [-0.25, -0.2) is 14.2 Å². The fourth-order valence-electron chi connectivity index (χ4n) is 10.5. The van der Waals surface area contributed by atoms with E-state index in [-0.39, 0.29) is 41.5 Å². The van der Waals surface area contributed by atoms with Crippen molar-refractivity contribution in [3.8, 4) is 0 Å². The third kappa shape index (κ3) is 9.43. The molecule has 0 radical (unpaired) electrons. The first-order valence-electron chi connectivity index (χ1n) is 22.8. The van der Waals surface area contributed by atoms with Gasteiger partial charge in [0.1, 0.15) is 17.7 Å². The Bertz CT molecular complexity index is 2420. The Hall–Kier alpha value is -6.13. The zero-order valence-corrected chi connectivity index (χ0v) is 36.5. The van der Waals surface area contributed by atoms with Gasteiger partial charge in [-0.2, -0.15) is 13.2 Å². The molecule has 15 nitrogen and oxygen atoms in total. The number of rotatable bonds is 10. The lowest BCUT2D eigenvalue weighted by molar-refractivity contribution is -0.137. The van der Waals surface area contributed by atoms with Crippen molar-refractivity contribution in [2.45, 2.75) is 57.2 Å². The van der Waals surface area contributed by atoms with Crippen molar-refractivity contribution in [3.05, 3.63) is 82.6 Å². The Kier molecular flexibility index (Phi) is 12.7. The number of hydrogen-bond donors (Lipinski definition) is 2. The van der Waals surface area contributed by atoms with Crippen molar-refractivity contribution in [1.29, 1.82) is 0 Å². The van der Waals surface area contributed by atoms with E-state index in [2.05, 4.69) is 35.2 Å². The Morgan fingerprint density at radius 1 is 0.758 bits per heavy atom. The topological polar surface area (TPSA) is 146 Å². The highest BCUT2D eigenvalue weighted by Gasteiger charge is 2.46. The SMILES string of the molecule is [C-]#[N+]c1ccc(N2CCC(C(=O)Nc3ccc(N4CCC(CN5CCN(C[C@H]6CCN(c7cc8c(cc7F)C(=O)N(C7CCC(=O)NC7=O)C8=O)C6)CC5)CC4)cn3)CC2)cc1C(F)(F)F. The summed E-state index contributed by atoms with van der Waals surface area (Å²) in [5.74, 6) is -2.19. The highest BCUT2D eigenvalue weighted by atomic mass is 19.4. The van der Waals surface area contributed by atoms with E-state index in [9.17, 15) is 37.1 Å². The first kappa shape index (κ1) is 45.0. The number of imide groups is 2. The number of nitrogens with zero attached hydrogens (tertiary/aromatic N) is 8. The van der Waals surface area contributed by atoms with Crippen LogP contribution in [0, 0.1) is 30.1 Å². The molecule has 5 saturated heterocycles. The summed E-state index contributed by atoms with van der Waals surface area (Å²) < 4.78 is 56.0. The van der Waals surface area contributed by atoms with Crippen LogP contribution >= 0.6 is 0 Å². The number of aromatic nitrogens is 1. The zero-order valence-electron chi connectivity index (χ0n) is 36.5. The molecule has 6 aliphatic heterocycles. The molecule has 1 aromatic heterocycles. The minimum absolute atomic E-state index is 0.0133. The van der Waals surface area contributed by atoms with Crippen LogP contribution in [0.4, 0.5) is 46.1 Å². The number of amides is 5. The molecule has 2 atom stereocenters. The van der Waals surface area contributed by atoms with Crippen LogP contribution in [0.5, 0.6) is 0 Å². The van der Waals surface area contributed by atoms with Crippen LogP contribution in [0.15, 0.2) is 48.7 Å². The van der Waals surface area contributed by atoms with Gasteiger partial charge in [0.25, 0.3) is 11.8 Å². The van der Waals surface area contributed by atoms with Gasteiger partial charge in [-0.3, -0.25) is 34.2 Å². The van der Waals surface area contributed by atoms with E-state index in [0.717, 1.165) is 94.3 Å². The number of carbonyl (C=O) groups is 5. The van der Waals surface area contributed by atoms with Crippen LogP contribution < -0.4 is 25.3 Å². The first-order valence-corrected chi connectivity index (χ1v) is 22.8. The quantitative estimate of drug-likeness (QED) is 0.153. The predicted molar refractivity (Wildman–Crippen MR) is 237 cm³/mol. The summed E-state index contributed by atoms with van der Waals surface area (Å²) in [5, 5.41) is 5.10. The lowest BCUT2D eigenvalue weighted by atomic mass is 9.95. The summed E-state index contributed by atoms with van der Waals surface area (Å²) in [4.78, 5) is 83.2. The lowest BCUT2D eigenvalue weighted by Gasteiger charge is -2.40. The van der Waals surface area contributed by atoms with Crippen LogP contribution in [0.25, 0.3) is 4.85 Å². The number of carbonyl (C=O) groups excluding carboxylic acids is 5. The van der Waals surface area contributed by atoms with E-state index in [0.29, 0.717) is 62.4 Å². The second-order valence-corrected chi connectivity index (χ2v) is 18.4. The van der Waals surface area contributed by atoms with Gasteiger partial charge in [-0.1, -0.05) is 6.07 Å². The van der Waals surface area contributed by atoms with E-state index in [4.69, 9.17) is 6.57 Å². The van der Waals surface area contributed by atoms with Gasteiger partial charge in [0.15, 0.2) is 5.69 Å². The molecule has 66 heavy (non-hydrogen) atoms. The lowest BCUT2D eigenvalue weighted by Crippen LogP contribution is -2.54. The normalized spacial score (nSPS) is 22.8. The van der Waals surface area contributed by atoms with Gasteiger partial charge < -0.3 is 29.8 Å². The monoisotopic (exact) mass is 912 g/mol. The summed E-state index contributed by atoms with van der Waals surface area (Å²) in [5.41, 5.74) is 0.312. The maximum Gasteiger partial charge on any atom is 0.407 e. The van der Waals surface area contributed by atoms with Crippen LogP contribution in [-0.4, -0.2) is 134 Å². The van der Waals surface area contributed by atoms with Crippen molar-refractivity contribution in [1.82, 2.24) is 25.0 Å². The fourth-order valence-corrected chi connectivity index (χ4v) is 10.5. The van der Waals surface area contributed by atoms with Gasteiger partial charge >= 0.3 is 6.18 Å². The average Bonchev–Trinajstić information content (AvgIpc) is 3.87. The molecule has 5 fully saturated rings. The summed E-state index contributed by atoms with van der Waals surface area (Å²) >= 11 is 0. The van der Waals surface area contributed by atoms with Crippen LogP contribution in [-0.2, 0) is 20.6 Å². The zero-order chi connectivity index (χ0) is 46.3. The van der Waals surface area contributed by atoms with E-state index in [1.807, 2.05) is 21.9 Å². The number of piperidine rings is 3. The number of halogens is 4. The van der Waals surface area contributed by atoms with Crippen molar-refractivity contribution >= 4 is 58.1 Å². The van der Waals surface area contributed by atoms with Gasteiger partial charge in [0, 0.05) is 96.6 Å². The second kappa shape index (κ2) is 18.6. The maximum atomic E-state index is 15.5. The van der Waals surface area contributed by atoms with Gasteiger partial charge in [0.05, 0.1) is 40.8 Å². The molecule has 0 aliphatic carbocycles. The van der Waals surface area contributed by atoms with E-state index in [1.165, 1.54) is 18.2 Å². The number of benzene rings is 2. The van der Waals surface area contributed by atoms with Crippen LogP contribution in [0.3, 0.4) is 0 Å². The number of fused-ring (bicyclic) bond motifs is 1. The Balaban J connectivity index is 0.679. The van der Waals surface area contributed by atoms with Crippen molar-refractivity contribution in [2.24, 2.45) is 17.8 Å². The van der Waals surface area contributed by atoms with Crippen molar-refractivity contribution in [3.63, 3.8) is 0 Å². The third-order valence-corrected chi connectivity index (χ3v) is 14.2. The molecule has 19 heteroatoms.